The second-order valence-electron chi connectivity index (χ2n) is 12.2. The highest BCUT2D eigenvalue weighted by Gasteiger charge is 2.42. The van der Waals surface area contributed by atoms with Gasteiger partial charge in [0, 0.05) is 11.0 Å². The molecule has 216 valence electrons. The Balaban J connectivity index is 1.15. The summed E-state index contributed by atoms with van der Waals surface area (Å²) in [6.45, 7) is 9.75. The molecule has 4 aromatic carbocycles. The monoisotopic (exact) mass is 574 g/mol. The molecular weight excluding hydrogens is 544 g/mol. The van der Waals surface area contributed by atoms with Gasteiger partial charge >= 0.3 is 0 Å². The Morgan fingerprint density at radius 1 is 0.512 bits per heavy atom. The fraction of sp³-hybridized carbons (Fsp3) is 0.200. The molecule has 1 N–H and O–H groups in total. The smallest absolute Gasteiger partial charge is 0.262 e. The number of carbonyl (C=O) groups excluding carboxylic acids is 4. The summed E-state index contributed by atoms with van der Waals surface area (Å²) in [5, 5.41) is 2.28. The van der Waals surface area contributed by atoms with Crippen LogP contribution in [0.25, 0.3) is 0 Å². The van der Waals surface area contributed by atoms with E-state index in [1.54, 1.807) is 36.4 Å². The maximum atomic E-state index is 12.9. The number of imide groups is 2. The molecule has 2 heterocycles. The Morgan fingerprint density at radius 2 is 0.930 bits per heavy atom. The molecule has 0 saturated carbocycles. The Bertz CT molecular complexity index is 1820. The van der Waals surface area contributed by atoms with E-state index < -0.39 is 17.4 Å². The minimum Gasteiger partial charge on any atom is -0.457 e. The van der Waals surface area contributed by atoms with E-state index in [0.29, 0.717) is 45.3 Å². The van der Waals surface area contributed by atoms with Crippen LogP contribution < -0.4 is 14.8 Å². The molecule has 0 aromatic heterocycles. The van der Waals surface area contributed by atoms with E-state index in [-0.39, 0.29) is 17.2 Å². The van der Waals surface area contributed by atoms with Crippen LogP contribution in [0.1, 0.15) is 87.2 Å². The van der Waals surface area contributed by atoms with Gasteiger partial charge in [-0.15, -0.1) is 0 Å². The third kappa shape index (κ3) is 4.95. The fourth-order valence-corrected chi connectivity index (χ4v) is 5.42. The van der Waals surface area contributed by atoms with Gasteiger partial charge in [0.2, 0.25) is 0 Å². The number of benzene rings is 4. The number of rotatable bonds is 6. The van der Waals surface area contributed by atoms with Crippen molar-refractivity contribution in [1.82, 2.24) is 10.2 Å². The average Bonchev–Trinajstić information content (AvgIpc) is 3.39. The Kier molecular flexibility index (Phi) is 6.45. The van der Waals surface area contributed by atoms with Gasteiger partial charge in [-0.2, -0.15) is 0 Å². The van der Waals surface area contributed by atoms with Gasteiger partial charge in [-0.1, -0.05) is 38.1 Å². The zero-order chi connectivity index (χ0) is 30.7. The standard InChI is InChI=1S/C35H30N2O6/c1-34(2,3)37-32(40)27-17-15-25(19-29(27)33(37)41)43-23-12-8-21(9-13-23)35(4,5)20-6-10-22(11-7-20)42-24-14-16-26-28(18-24)31(39)36-30(26)38/h6-19H,1-5H3,(H,36,38,39). The van der Waals surface area contributed by atoms with Crippen LogP contribution in [0.5, 0.6) is 23.0 Å². The van der Waals surface area contributed by atoms with Crippen molar-refractivity contribution in [3.8, 4) is 23.0 Å². The number of ether oxygens (including phenoxy) is 2. The van der Waals surface area contributed by atoms with Crippen LogP contribution in [0.3, 0.4) is 0 Å². The van der Waals surface area contributed by atoms with Gasteiger partial charge in [-0.05, 0) is 92.6 Å². The van der Waals surface area contributed by atoms with Crippen molar-refractivity contribution in [2.24, 2.45) is 0 Å². The number of nitrogens with zero attached hydrogens (tertiary/aromatic N) is 1. The number of amides is 4. The highest BCUT2D eigenvalue weighted by atomic mass is 16.5. The van der Waals surface area contributed by atoms with Gasteiger partial charge in [0.1, 0.15) is 23.0 Å². The molecule has 6 rings (SSSR count). The van der Waals surface area contributed by atoms with Crippen molar-refractivity contribution in [3.05, 3.63) is 118 Å². The molecule has 0 atom stereocenters. The predicted molar refractivity (Wildman–Crippen MR) is 160 cm³/mol. The first-order valence-electron chi connectivity index (χ1n) is 13.9. The van der Waals surface area contributed by atoms with Gasteiger partial charge < -0.3 is 9.47 Å². The number of carbonyl (C=O) groups is 4. The maximum absolute atomic E-state index is 12.9. The summed E-state index contributed by atoms with van der Waals surface area (Å²) < 4.78 is 12.0. The highest BCUT2D eigenvalue weighted by Crippen LogP contribution is 2.36. The lowest BCUT2D eigenvalue weighted by Crippen LogP contribution is -2.45. The average molecular weight is 575 g/mol. The van der Waals surface area contributed by atoms with Gasteiger partial charge in [0.25, 0.3) is 23.6 Å². The van der Waals surface area contributed by atoms with Gasteiger partial charge in [-0.3, -0.25) is 29.4 Å². The second-order valence-corrected chi connectivity index (χ2v) is 12.2. The largest absolute Gasteiger partial charge is 0.457 e. The summed E-state index contributed by atoms with van der Waals surface area (Å²) in [5.41, 5.74) is 2.57. The topological polar surface area (TPSA) is 102 Å². The van der Waals surface area contributed by atoms with E-state index >= 15 is 0 Å². The van der Waals surface area contributed by atoms with Crippen LogP contribution in [0, 0.1) is 0 Å². The van der Waals surface area contributed by atoms with Crippen molar-refractivity contribution >= 4 is 23.6 Å². The van der Waals surface area contributed by atoms with Gasteiger partial charge in [0.15, 0.2) is 0 Å². The Labute approximate surface area is 249 Å². The summed E-state index contributed by atoms with van der Waals surface area (Å²) in [5.74, 6) is 0.729. The maximum Gasteiger partial charge on any atom is 0.262 e. The zero-order valence-corrected chi connectivity index (χ0v) is 24.5. The Hall–Kier alpha value is -5.24. The van der Waals surface area contributed by atoms with Crippen LogP contribution in [0.2, 0.25) is 0 Å². The molecule has 0 fully saturated rings. The number of nitrogens with one attached hydrogen (secondary N) is 1. The van der Waals surface area contributed by atoms with E-state index in [2.05, 4.69) is 19.2 Å². The van der Waals surface area contributed by atoms with E-state index in [1.165, 1.54) is 4.90 Å². The molecule has 43 heavy (non-hydrogen) atoms. The van der Waals surface area contributed by atoms with E-state index in [4.69, 9.17) is 9.47 Å². The summed E-state index contributed by atoms with van der Waals surface area (Å²) in [6.07, 6.45) is 0. The second kappa shape index (κ2) is 9.94. The molecule has 8 heteroatoms. The summed E-state index contributed by atoms with van der Waals surface area (Å²) in [6, 6.07) is 25.3. The SMILES string of the molecule is CC(C)(c1ccc(Oc2ccc3c(c2)C(=O)NC3=O)cc1)c1ccc(Oc2ccc3c(c2)C(=O)N(C(C)(C)C)C3=O)cc1. The molecule has 8 nitrogen and oxygen atoms in total. The number of hydrogen-bond donors (Lipinski definition) is 1. The minimum atomic E-state index is -0.617. The summed E-state index contributed by atoms with van der Waals surface area (Å²) in [4.78, 5) is 50.7. The van der Waals surface area contributed by atoms with Crippen molar-refractivity contribution in [3.63, 3.8) is 0 Å². The molecule has 0 aliphatic carbocycles. The molecule has 0 saturated heterocycles. The summed E-state index contributed by atoms with van der Waals surface area (Å²) in [7, 11) is 0. The van der Waals surface area contributed by atoms with Crippen LogP contribution in [0.15, 0.2) is 84.9 Å². The van der Waals surface area contributed by atoms with Gasteiger partial charge in [0.05, 0.1) is 22.3 Å². The van der Waals surface area contributed by atoms with Crippen LogP contribution >= 0.6 is 0 Å². The van der Waals surface area contributed by atoms with Crippen molar-refractivity contribution < 1.29 is 28.7 Å². The van der Waals surface area contributed by atoms with E-state index in [9.17, 15) is 19.2 Å². The molecule has 0 bridgehead atoms. The third-order valence-corrected chi connectivity index (χ3v) is 7.86. The molecule has 0 radical (unpaired) electrons. The lowest BCUT2D eigenvalue weighted by atomic mass is 9.78. The van der Waals surface area contributed by atoms with Crippen molar-refractivity contribution in [2.75, 3.05) is 0 Å². The zero-order valence-electron chi connectivity index (χ0n) is 24.5. The lowest BCUT2D eigenvalue weighted by Gasteiger charge is -2.29. The van der Waals surface area contributed by atoms with Crippen LogP contribution in [-0.4, -0.2) is 34.1 Å². The lowest BCUT2D eigenvalue weighted by molar-refractivity contribution is 0.0507. The first kappa shape index (κ1) is 27.9. The molecule has 4 aromatic rings. The van der Waals surface area contributed by atoms with Crippen LogP contribution in [-0.2, 0) is 5.41 Å². The molecule has 0 spiro atoms. The van der Waals surface area contributed by atoms with Gasteiger partial charge in [-0.25, -0.2) is 0 Å². The minimum absolute atomic E-state index is 0.291. The highest BCUT2D eigenvalue weighted by molar-refractivity contribution is 6.22. The number of fused-ring (bicyclic) bond motifs is 2. The molecule has 2 aliphatic heterocycles. The van der Waals surface area contributed by atoms with Crippen molar-refractivity contribution in [2.45, 2.75) is 45.6 Å². The van der Waals surface area contributed by atoms with Crippen molar-refractivity contribution in [1.29, 1.82) is 0 Å². The first-order chi connectivity index (χ1) is 20.3. The molecule has 0 unspecified atom stereocenters. The molecule has 4 amide bonds. The molecular formula is C35H30N2O6. The van der Waals surface area contributed by atoms with Crippen LogP contribution in [0.4, 0.5) is 0 Å². The normalized spacial score (nSPS) is 14.5. The quantitative estimate of drug-likeness (QED) is 0.252. The van der Waals surface area contributed by atoms with E-state index in [0.717, 1.165) is 11.1 Å². The predicted octanol–water partition coefficient (Wildman–Crippen LogP) is 6.88. The third-order valence-electron chi connectivity index (χ3n) is 7.86. The number of hydrogen-bond acceptors (Lipinski definition) is 6. The van der Waals surface area contributed by atoms with E-state index in [1.807, 2.05) is 69.3 Å². The fourth-order valence-electron chi connectivity index (χ4n) is 5.42. The Morgan fingerprint density at radius 3 is 1.44 bits per heavy atom. The molecule has 2 aliphatic rings. The first-order valence-corrected chi connectivity index (χ1v) is 13.9. The summed E-state index contributed by atoms with van der Waals surface area (Å²) >= 11 is 0.